The average Bonchev–Trinajstić information content (AvgIpc) is 3.50. The normalized spacial score (nSPS) is 16.6. The van der Waals surface area contributed by atoms with Crippen molar-refractivity contribution in [1.29, 1.82) is 0 Å². The Bertz CT molecular complexity index is 1130. The number of hydrogen-bond donors (Lipinski definition) is 0. The molecule has 0 radical (unpaired) electrons. The molecule has 5 rings (SSSR count). The number of benzene rings is 2. The molecule has 29 heavy (non-hydrogen) atoms. The van der Waals surface area contributed by atoms with Crippen molar-refractivity contribution < 1.29 is 13.9 Å². The fraction of sp³-hybridized carbons (Fsp3) is 0.292. The summed E-state index contributed by atoms with van der Waals surface area (Å²) in [6.07, 6.45) is 4.31. The van der Waals surface area contributed by atoms with Crippen LogP contribution in [0.2, 0.25) is 0 Å². The number of rotatable bonds is 6. The summed E-state index contributed by atoms with van der Waals surface area (Å²) >= 11 is 1.69. The number of carbonyl (C=O) groups excluding carboxylic acids is 1. The van der Waals surface area contributed by atoms with Crippen LogP contribution in [-0.2, 0) is 22.5 Å². The fourth-order valence-corrected chi connectivity index (χ4v) is 4.88. The minimum absolute atomic E-state index is 0.115. The molecule has 5 heteroatoms. The molecule has 4 aromatic rings. The Hall–Kier alpha value is -2.63. The minimum atomic E-state index is 0.115. The molecule has 1 amide bonds. The van der Waals surface area contributed by atoms with Gasteiger partial charge in [0.05, 0.1) is 25.3 Å². The van der Waals surface area contributed by atoms with Crippen LogP contribution in [0.5, 0.6) is 0 Å². The summed E-state index contributed by atoms with van der Waals surface area (Å²) in [4.78, 5) is 16.5. The summed E-state index contributed by atoms with van der Waals surface area (Å²) in [6.45, 7) is 2.07. The van der Waals surface area contributed by atoms with Crippen LogP contribution in [0.15, 0.2) is 64.6 Å². The lowest BCUT2D eigenvalue weighted by atomic mass is 10.0. The van der Waals surface area contributed by atoms with Crippen molar-refractivity contribution in [3.05, 3.63) is 70.6 Å². The molecule has 0 aliphatic carbocycles. The molecule has 1 aliphatic heterocycles. The average molecular weight is 406 g/mol. The number of ether oxygens (including phenoxy) is 1. The number of carbonyl (C=O) groups is 1. The molecule has 3 heterocycles. The number of hydrogen-bond acceptors (Lipinski definition) is 4. The zero-order valence-corrected chi connectivity index (χ0v) is 17.0. The van der Waals surface area contributed by atoms with Gasteiger partial charge >= 0.3 is 0 Å². The molecule has 1 fully saturated rings. The van der Waals surface area contributed by atoms with Crippen molar-refractivity contribution in [2.24, 2.45) is 0 Å². The van der Waals surface area contributed by atoms with E-state index >= 15 is 0 Å². The third-order valence-corrected chi connectivity index (χ3v) is 6.47. The van der Waals surface area contributed by atoms with Gasteiger partial charge in [0, 0.05) is 29.0 Å². The van der Waals surface area contributed by atoms with Crippen molar-refractivity contribution in [2.45, 2.75) is 31.9 Å². The SMILES string of the molecule is O=C(Cc1coc2ccc3ccccc3c12)N(Cc1cccs1)C[C@@H]1CCCO1. The van der Waals surface area contributed by atoms with E-state index in [-0.39, 0.29) is 12.0 Å². The summed E-state index contributed by atoms with van der Waals surface area (Å²) in [5, 5.41) is 5.39. The van der Waals surface area contributed by atoms with Crippen LogP contribution < -0.4 is 0 Å². The number of nitrogens with zero attached hydrogens (tertiary/aromatic N) is 1. The fourth-order valence-electron chi connectivity index (χ4n) is 4.16. The number of amides is 1. The van der Waals surface area contributed by atoms with Crippen LogP contribution in [0.25, 0.3) is 21.7 Å². The van der Waals surface area contributed by atoms with Gasteiger partial charge < -0.3 is 14.1 Å². The Kier molecular flexibility index (Phi) is 5.08. The number of thiophene rings is 1. The summed E-state index contributed by atoms with van der Waals surface area (Å²) in [7, 11) is 0. The summed E-state index contributed by atoms with van der Waals surface area (Å²) < 4.78 is 11.6. The molecule has 1 atom stereocenters. The number of furan rings is 1. The highest BCUT2D eigenvalue weighted by molar-refractivity contribution is 7.09. The van der Waals surface area contributed by atoms with E-state index in [1.54, 1.807) is 17.6 Å². The maximum atomic E-state index is 13.3. The maximum absolute atomic E-state index is 13.3. The second-order valence-corrected chi connectivity index (χ2v) is 8.62. The first-order chi connectivity index (χ1) is 14.3. The van der Waals surface area contributed by atoms with Crippen LogP contribution in [0.3, 0.4) is 0 Å². The molecule has 1 saturated heterocycles. The molecule has 2 aromatic carbocycles. The highest BCUT2D eigenvalue weighted by Gasteiger charge is 2.24. The Morgan fingerprint density at radius 1 is 1.14 bits per heavy atom. The van der Waals surface area contributed by atoms with Gasteiger partial charge in [0.15, 0.2) is 0 Å². The molecule has 0 unspecified atom stereocenters. The second kappa shape index (κ2) is 8.01. The van der Waals surface area contributed by atoms with Gasteiger partial charge in [-0.2, -0.15) is 0 Å². The standard InChI is InChI=1S/C24H23NO3S/c26-23(25(14-19-6-3-11-27-19)15-20-7-4-12-29-20)13-18-16-28-22-10-9-17-5-1-2-8-21(17)24(18)22/h1-2,4-5,7-10,12,16,19H,3,6,11,13-15H2/t19-/m0/s1. The van der Waals surface area contributed by atoms with Gasteiger partial charge in [-0.3, -0.25) is 4.79 Å². The topological polar surface area (TPSA) is 42.7 Å². The lowest BCUT2D eigenvalue weighted by molar-refractivity contribution is -0.132. The summed E-state index contributed by atoms with van der Waals surface area (Å²) in [5.74, 6) is 0.115. The van der Waals surface area contributed by atoms with E-state index in [1.807, 2.05) is 29.2 Å². The van der Waals surface area contributed by atoms with Gasteiger partial charge in [-0.15, -0.1) is 11.3 Å². The van der Waals surface area contributed by atoms with Crippen molar-refractivity contribution >= 4 is 39.0 Å². The second-order valence-electron chi connectivity index (χ2n) is 7.59. The van der Waals surface area contributed by atoms with E-state index < -0.39 is 0 Å². The first-order valence-electron chi connectivity index (χ1n) is 10.1. The molecule has 0 bridgehead atoms. The van der Waals surface area contributed by atoms with Crippen LogP contribution >= 0.6 is 11.3 Å². The molecule has 0 spiro atoms. The number of fused-ring (bicyclic) bond motifs is 3. The molecule has 0 saturated carbocycles. The third kappa shape index (κ3) is 3.80. The van der Waals surface area contributed by atoms with E-state index in [9.17, 15) is 4.79 Å². The van der Waals surface area contributed by atoms with Gasteiger partial charge in [0.25, 0.3) is 0 Å². The zero-order valence-electron chi connectivity index (χ0n) is 16.2. The Morgan fingerprint density at radius 3 is 2.90 bits per heavy atom. The van der Waals surface area contributed by atoms with Gasteiger partial charge in [-0.05, 0) is 41.1 Å². The lowest BCUT2D eigenvalue weighted by Crippen LogP contribution is -2.37. The molecule has 4 nitrogen and oxygen atoms in total. The van der Waals surface area contributed by atoms with Gasteiger partial charge in [-0.25, -0.2) is 0 Å². The van der Waals surface area contributed by atoms with Crippen molar-refractivity contribution in [1.82, 2.24) is 4.90 Å². The van der Waals surface area contributed by atoms with E-state index in [0.717, 1.165) is 46.8 Å². The molecule has 1 aliphatic rings. The van der Waals surface area contributed by atoms with E-state index in [4.69, 9.17) is 9.15 Å². The van der Waals surface area contributed by atoms with Gasteiger partial charge in [-0.1, -0.05) is 36.4 Å². The largest absolute Gasteiger partial charge is 0.464 e. The van der Waals surface area contributed by atoms with E-state index in [1.165, 1.54) is 4.88 Å². The van der Waals surface area contributed by atoms with E-state index in [0.29, 0.717) is 19.5 Å². The summed E-state index contributed by atoms with van der Waals surface area (Å²) in [5.41, 5.74) is 1.78. The third-order valence-electron chi connectivity index (χ3n) is 5.61. The van der Waals surface area contributed by atoms with Crippen molar-refractivity contribution in [3.8, 4) is 0 Å². The first-order valence-corrected chi connectivity index (χ1v) is 11.0. The Morgan fingerprint density at radius 2 is 2.07 bits per heavy atom. The molecule has 0 N–H and O–H groups in total. The molecular formula is C24H23NO3S. The van der Waals surface area contributed by atoms with Crippen LogP contribution in [-0.4, -0.2) is 30.1 Å². The van der Waals surface area contributed by atoms with Crippen molar-refractivity contribution in [3.63, 3.8) is 0 Å². The predicted octanol–water partition coefficient (Wildman–Crippen LogP) is 5.40. The highest BCUT2D eigenvalue weighted by atomic mass is 32.1. The van der Waals surface area contributed by atoms with Crippen LogP contribution in [0.4, 0.5) is 0 Å². The Balaban J connectivity index is 1.44. The quantitative estimate of drug-likeness (QED) is 0.431. The molecule has 148 valence electrons. The van der Waals surface area contributed by atoms with Crippen LogP contribution in [0.1, 0.15) is 23.3 Å². The monoisotopic (exact) mass is 405 g/mol. The van der Waals surface area contributed by atoms with Crippen LogP contribution in [0, 0.1) is 0 Å². The zero-order chi connectivity index (χ0) is 19.6. The molecular weight excluding hydrogens is 382 g/mol. The first kappa shape index (κ1) is 18.4. The molecule has 2 aromatic heterocycles. The minimum Gasteiger partial charge on any atom is -0.464 e. The predicted molar refractivity (Wildman–Crippen MR) is 116 cm³/mol. The van der Waals surface area contributed by atoms with Gasteiger partial charge in [0.2, 0.25) is 5.91 Å². The maximum Gasteiger partial charge on any atom is 0.227 e. The summed E-state index contributed by atoms with van der Waals surface area (Å²) in [6, 6.07) is 16.4. The Labute approximate surface area is 173 Å². The van der Waals surface area contributed by atoms with Crippen molar-refractivity contribution in [2.75, 3.05) is 13.2 Å². The smallest absolute Gasteiger partial charge is 0.227 e. The lowest BCUT2D eigenvalue weighted by Gasteiger charge is -2.25. The highest BCUT2D eigenvalue weighted by Crippen LogP contribution is 2.30. The van der Waals surface area contributed by atoms with Gasteiger partial charge in [0.1, 0.15) is 5.58 Å². The van der Waals surface area contributed by atoms with E-state index in [2.05, 4.69) is 29.6 Å².